The maximum atomic E-state index is 12.4. The molecule has 1 aliphatic rings. The van der Waals surface area contributed by atoms with E-state index in [1.165, 1.54) is 0 Å². The number of amides is 1. The van der Waals surface area contributed by atoms with E-state index in [4.69, 9.17) is 0 Å². The number of hydrogen-bond acceptors (Lipinski definition) is 3. The summed E-state index contributed by atoms with van der Waals surface area (Å²) < 4.78 is 0. The SMILES string of the molecule is C=C/C=C(\C=C/C)C1C(=O)CC(=O)N1c1ccc2nc[nH]c2c1. The maximum Gasteiger partial charge on any atom is 0.235 e. The summed E-state index contributed by atoms with van der Waals surface area (Å²) in [5, 5.41) is 0. The first-order valence-electron chi connectivity index (χ1n) is 7.39. The summed E-state index contributed by atoms with van der Waals surface area (Å²) in [4.78, 5) is 33.5. The third kappa shape index (κ3) is 2.61. The van der Waals surface area contributed by atoms with Crippen LogP contribution in [0, 0.1) is 0 Å². The Morgan fingerprint density at radius 1 is 1.43 bits per heavy atom. The number of hydrogen-bond donors (Lipinski definition) is 1. The van der Waals surface area contributed by atoms with Crippen LogP contribution in [-0.2, 0) is 9.59 Å². The Balaban J connectivity index is 2.09. The van der Waals surface area contributed by atoms with Crippen LogP contribution in [-0.4, -0.2) is 27.7 Å². The molecule has 1 saturated heterocycles. The van der Waals surface area contributed by atoms with E-state index >= 15 is 0 Å². The van der Waals surface area contributed by atoms with Crippen molar-refractivity contribution >= 4 is 28.4 Å². The van der Waals surface area contributed by atoms with Gasteiger partial charge in [0, 0.05) is 5.69 Å². The lowest BCUT2D eigenvalue weighted by Gasteiger charge is -2.24. The molecular formula is C18H17N3O2. The van der Waals surface area contributed by atoms with Crippen LogP contribution in [0.15, 0.2) is 61.0 Å². The second-order valence-electron chi connectivity index (χ2n) is 5.32. The second kappa shape index (κ2) is 6.04. The van der Waals surface area contributed by atoms with Gasteiger partial charge in [0.05, 0.1) is 23.8 Å². The second-order valence-corrected chi connectivity index (χ2v) is 5.32. The minimum absolute atomic E-state index is 0.0856. The zero-order valence-electron chi connectivity index (χ0n) is 12.8. The van der Waals surface area contributed by atoms with Gasteiger partial charge in [-0.25, -0.2) is 4.98 Å². The fourth-order valence-electron chi connectivity index (χ4n) is 2.89. The molecule has 1 amide bonds. The number of anilines is 1. The minimum atomic E-state index is -0.614. The molecule has 2 aromatic rings. The molecule has 1 aromatic carbocycles. The highest BCUT2D eigenvalue weighted by molar-refractivity contribution is 6.19. The number of aromatic nitrogens is 2. The van der Waals surface area contributed by atoms with Crippen molar-refractivity contribution in [2.24, 2.45) is 0 Å². The van der Waals surface area contributed by atoms with Gasteiger partial charge >= 0.3 is 0 Å². The summed E-state index contributed by atoms with van der Waals surface area (Å²) in [7, 11) is 0. The van der Waals surface area contributed by atoms with Crippen LogP contribution in [0.4, 0.5) is 5.69 Å². The number of carbonyl (C=O) groups excluding carboxylic acids is 2. The third-order valence-electron chi connectivity index (χ3n) is 3.82. The molecule has 1 aliphatic heterocycles. The van der Waals surface area contributed by atoms with E-state index < -0.39 is 6.04 Å². The lowest BCUT2D eigenvalue weighted by molar-refractivity contribution is -0.121. The number of rotatable bonds is 4. The summed E-state index contributed by atoms with van der Waals surface area (Å²) in [5.41, 5.74) is 3.08. The van der Waals surface area contributed by atoms with Crippen LogP contribution in [0.5, 0.6) is 0 Å². The molecule has 1 aromatic heterocycles. The summed E-state index contributed by atoms with van der Waals surface area (Å²) in [5.74, 6) is -0.302. The number of benzene rings is 1. The summed E-state index contributed by atoms with van der Waals surface area (Å²) >= 11 is 0. The monoisotopic (exact) mass is 307 g/mol. The summed E-state index contributed by atoms with van der Waals surface area (Å²) in [6.07, 6.45) is 8.60. The lowest BCUT2D eigenvalue weighted by atomic mass is 10.0. The Morgan fingerprint density at radius 2 is 2.26 bits per heavy atom. The first kappa shape index (κ1) is 15.0. The number of nitrogens with zero attached hydrogens (tertiary/aromatic N) is 2. The Bertz CT molecular complexity index is 845. The van der Waals surface area contributed by atoms with Gasteiger partial charge in [0.25, 0.3) is 0 Å². The van der Waals surface area contributed by atoms with Crippen LogP contribution in [0.1, 0.15) is 13.3 Å². The number of Topliss-reactive ketones (excluding diaryl/α,β-unsaturated/α-hetero) is 1. The van der Waals surface area contributed by atoms with Gasteiger partial charge in [-0.2, -0.15) is 0 Å². The van der Waals surface area contributed by atoms with Crippen LogP contribution < -0.4 is 4.90 Å². The van der Waals surface area contributed by atoms with Crippen molar-refractivity contribution in [1.29, 1.82) is 0 Å². The molecule has 0 aliphatic carbocycles. The normalized spacial score (nSPS) is 19.3. The van der Waals surface area contributed by atoms with Crippen molar-refractivity contribution in [3.63, 3.8) is 0 Å². The first-order chi connectivity index (χ1) is 11.2. The van der Waals surface area contributed by atoms with E-state index in [0.29, 0.717) is 5.69 Å². The van der Waals surface area contributed by atoms with E-state index in [-0.39, 0.29) is 18.1 Å². The zero-order valence-corrected chi connectivity index (χ0v) is 12.8. The van der Waals surface area contributed by atoms with Crippen molar-refractivity contribution in [1.82, 2.24) is 9.97 Å². The van der Waals surface area contributed by atoms with Gasteiger partial charge in [0.15, 0.2) is 5.78 Å². The Labute approximate surface area is 134 Å². The highest BCUT2D eigenvalue weighted by Crippen LogP contribution is 2.30. The van der Waals surface area contributed by atoms with Crippen LogP contribution >= 0.6 is 0 Å². The molecule has 0 spiro atoms. The predicted molar refractivity (Wildman–Crippen MR) is 90.1 cm³/mol. The molecule has 0 saturated carbocycles. The number of aromatic amines is 1. The maximum absolute atomic E-state index is 12.4. The Hall–Kier alpha value is -2.95. The predicted octanol–water partition coefficient (Wildman–Crippen LogP) is 2.93. The number of nitrogens with one attached hydrogen (secondary N) is 1. The van der Waals surface area contributed by atoms with Crippen molar-refractivity contribution in [3.05, 3.63) is 61.0 Å². The molecule has 3 rings (SSSR count). The number of imidazole rings is 1. The van der Waals surface area contributed by atoms with Crippen LogP contribution in [0.25, 0.3) is 11.0 Å². The molecule has 0 bridgehead atoms. The molecule has 1 atom stereocenters. The number of ketones is 1. The molecule has 23 heavy (non-hydrogen) atoms. The minimum Gasteiger partial charge on any atom is -0.345 e. The largest absolute Gasteiger partial charge is 0.345 e. The van der Waals surface area contributed by atoms with E-state index in [1.807, 2.05) is 37.3 Å². The van der Waals surface area contributed by atoms with Gasteiger partial charge in [-0.15, -0.1) is 0 Å². The smallest absolute Gasteiger partial charge is 0.235 e. The number of allylic oxidation sites excluding steroid dienone is 3. The lowest BCUT2D eigenvalue weighted by Crippen LogP contribution is -2.36. The average Bonchev–Trinajstić information content (AvgIpc) is 3.10. The quantitative estimate of drug-likeness (QED) is 0.697. The fraction of sp³-hybridized carbons (Fsp3) is 0.167. The van der Waals surface area contributed by atoms with E-state index in [0.717, 1.165) is 16.6 Å². The highest BCUT2D eigenvalue weighted by Gasteiger charge is 2.40. The molecule has 1 N–H and O–H groups in total. The number of carbonyl (C=O) groups is 2. The van der Waals surface area contributed by atoms with Gasteiger partial charge in [0.1, 0.15) is 6.04 Å². The Morgan fingerprint density at radius 3 is 3.00 bits per heavy atom. The molecular weight excluding hydrogens is 290 g/mol. The van der Waals surface area contributed by atoms with Crippen LogP contribution in [0.2, 0.25) is 0 Å². The van der Waals surface area contributed by atoms with Gasteiger partial charge in [-0.05, 0) is 30.7 Å². The fourth-order valence-corrected chi connectivity index (χ4v) is 2.89. The molecule has 2 heterocycles. The summed E-state index contributed by atoms with van der Waals surface area (Å²) in [6, 6.07) is 4.87. The van der Waals surface area contributed by atoms with Crippen molar-refractivity contribution in [3.8, 4) is 0 Å². The van der Waals surface area contributed by atoms with Gasteiger partial charge in [-0.3, -0.25) is 14.5 Å². The standard InChI is InChI=1S/C18H17N3O2/c1-3-5-12(6-4-2)18-16(22)10-17(23)21(18)13-7-8-14-15(9-13)20-11-19-14/h3-9,11,18H,1,10H2,2H3,(H,19,20)/b6-4-,12-5+. The molecule has 5 nitrogen and oxygen atoms in total. The highest BCUT2D eigenvalue weighted by atomic mass is 16.2. The summed E-state index contributed by atoms with van der Waals surface area (Å²) in [6.45, 7) is 5.57. The van der Waals surface area contributed by atoms with Crippen LogP contribution in [0.3, 0.4) is 0 Å². The van der Waals surface area contributed by atoms with E-state index in [2.05, 4.69) is 16.5 Å². The van der Waals surface area contributed by atoms with E-state index in [9.17, 15) is 9.59 Å². The van der Waals surface area contributed by atoms with Crippen molar-refractivity contribution in [2.75, 3.05) is 4.90 Å². The van der Waals surface area contributed by atoms with Gasteiger partial charge in [-0.1, -0.05) is 30.9 Å². The number of H-pyrrole nitrogens is 1. The number of fused-ring (bicyclic) bond motifs is 1. The topological polar surface area (TPSA) is 66.1 Å². The third-order valence-corrected chi connectivity index (χ3v) is 3.82. The van der Waals surface area contributed by atoms with Gasteiger partial charge < -0.3 is 4.98 Å². The molecule has 5 heteroatoms. The molecule has 1 unspecified atom stereocenters. The first-order valence-corrected chi connectivity index (χ1v) is 7.39. The molecule has 0 radical (unpaired) electrons. The van der Waals surface area contributed by atoms with Crippen molar-refractivity contribution in [2.45, 2.75) is 19.4 Å². The molecule has 1 fully saturated rings. The zero-order chi connectivity index (χ0) is 16.4. The molecule has 116 valence electrons. The van der Waals surface area contributed by atoms with Gasteiger partial charge in [0.2, 0.25) is 5.91 Å². The Kier molecular flexibility index (Phi) is 3.93. The van der Waals surface area contributed by atoms with Crippen molar-refractivity contribution < 1.29 is 9.59 Å². The average molecular weight is 307 g/mol. The van der Waals surface area contributed by atoms with E-state index in [1.54, 1.807) is 23.4 Å².